The van der Waals surface area contributed by atoms with Crippen molar-refractivity contribution >= 4 is 27.0 Å². The number of aryl methyl sites for hydroxylation is 1. The van der Waals surface area contributed by atoms with E-state index in [4.69, 9.17) is 0 Å². The van der Waals surface area contributed by atoms with Crippen molar-refractivity contribution < 1.29 is 8.42 Å². The van der Waals surface area contributed by atoms with Gasteiger partial charge < -0.3 is 5.32 Å². The quantitative estimate of drug-likeness (QED) is 0.745. The van der Waals surface area contributed by atoms with Crippen LogP contribution in [0, 0.1) is 6.92 Å². The molecule has 6 heteroatoms. The van der Waals surface area contributed by atoms with Crippen molar-refractivity contribution in [3.8, 4) is 0 Å². The number of rotatable bonds is 3. The number of benzene rings is 2. The van der Waals surface area contributed by atoms with Crippen LogP contribution in [0.4, 0.5) is 5.69 Å². The van der Waals surface area contributed by atoms with Crippen molar-refractivity contribution in [3.05, 3.63) is 82.0 Å². The lowest BCUT2D eigenvalue weighted by molar-refractivity contribution is 0.338. The number of para-hydroxylation sites is 1. The van der Waals surface area contributed by atoms with Gasteiger partial charge in [0.05, 0.1) is 12.2 Å². The maximum absolute atomic E-state index is 13.3. The molecule has 4 nitrogen and oxygen atoms in total. The van der Waals surface area contributed by atoms with Crippen LogP contribution >= 0.6 is 11.3 Å². The molecule has 128 valence electrons. The summed E-state index contributed by atoms with van der Waals surface area (Å²) in [5.74, 6) is 0. The molecule has 25 heavy (non-hydrogen) atoms. The maximum Gasteiger partial charge on any atom is 0.247 e. The van der Waals surface area contributed by atoms with Crippen LogP contribution in [0.25, 0.3) is 0 Å². The zero-order valence-corrected chi connectivity index (χ0v) is 15.3. The van der Waals surface area contributed by atoms with Gasteiger partial charge in [0.15, 0.2) is 0 Å². The van der Waals surface area contributed by atoms with Crippen molar-refractivity contribution in [1.82, 2.24) is 4.31 Å². The van der Waals surface area contributed by atoms with Gasteiger partial charge in [-0.25, -0.2) is 8.42 Å². The smallest absolute Gasteiger partial charge is 0.247 e. The highest BCUT2D eigenvalue weighted by Gasteiger charge is 2.38. The number of anilines is 1. The number of nitrogens with one attached hydrogen (secondary N) is 1. The normalized spacial score (nSPS) is 19.2. The van der Waals surface area contributed by atoms with Crippen LogP contribution in [0.1, 0.15) is 22.2 Å². The third-order valence-electron chi connectivity index (χ3n) is 4.30. The van der Waals surface area contributed by atoms with Gasteiger partial charge in [0.2, 0.25) is 10.0 Å². The molecular weight excluding hydrogens is 352 g/mol. The Labute approximate surface area is 151 Å². The minimum absolute atomic E-state index is 0.329. The number of sulfonamides is 1. The molecule has 0 bridgehead atoms. The molecule has 1 atom stereocenters. The largest absolute Gasteiger partial charge is 0.364 e. The summed E-state index contributed by atoms with van der Waals surface area (Å²) in [7, 11) is -3.59. The molecule has 1 aromatic heterocycles. The Morgan fingerprint density at radius 1 is 1.08 bits per heavy atom. The van der Waals surface area contributed by atoms with Crippen molar-refractivity contribution in [1.29, 1.82) is 0 Å². The molecular formula is C19H18N2O2S2. The second-order valence-electron chi connectivity index (χ2n) is 6.09. The Morgan fingerprint density at radius 2 is 1.92 bits per heavy atom. The molecule has 4 rings (SSSR count). The van der Waals surface area contributed by atoms with Gasteiger partial charge in [-0.3, -0.25) is 0 Å². The highest BCUT2D eigenvalue weighted by atomic mass is 32.2. The molecule has 2 aromatic carbocycles. The first-order valence-electron chi connectivity index (χ1n) is 8.02. The van der Waals surface area contributed by atoms with Gasteiger partial charge in [-0.2, -0.15) is 4.31 Å². The van der Waals surface area contributed by atoms with E-state index in [2.05, 4.69) is 5.32 Å². The standard InChI is InChI=1S/C19H18N2O2S2/c1-14-6-4-7-15(12-14)19-20-17-9-2-3-10-18(17)25(22,23)21(19)13-16-8-5-11-24-16/h2-12,19-20H,13H2,1H3/t19-/m1/s1. The Bertz CT molecular complexity index is 998. The monoisotopic (exact) mass is 370 g/mol. The summed E-state index contributed by atoms with van der Waals surface area (Å²) >= 11 is 1.57. The Hall–Kier alpha value is -2.15. The molecule has 3 aromatic rings. The zero-order valence-electron chi connectivity index (χ0n) is 13.7. The third-order valence-corrected chi connectivity index (χ3v) is 7.03. The maximum atomic E-state index is 13.3. The lowest BCUT2D eigenvalue weighted by atomic mass is 10.1. The second kappa shape index (κ2) is 6.29. The number of hydrogen-bond acceptors (Lipinski definition) is 4. The summed E-state index contributed by atoms with van der Waals surface area (Å²) in [5.41, 5.74) is 2.69. The highest BCUT2D eigenvalue weighted by Crippen LogP contribution is 2.39. The first-order chi connectivity index (χ1) is 12.1. The molecule has 1 N–H and O–H groups in total. The summed E-state index contributed by atoms with van der Waals surface area (Å²) < 4.78 is 28.1. The highest BCUT2D eigenvalue weighted by molar-refractivity contribution is 7.89. The predicted molar refractivity (Wildman–Crippen MR) is 101 cm³/mol. The Morgan fingerprint density at radius 3 is 2.68 bits per heavy atom. The fraction of sp³-hybridized carbons (Fsp3) is 0.158. The van der Waals surface area contributed by atoms with Gasteiger partial charge in [0, 0.05) is 4.88 Å². The van der Waals surface area contributed by atoms with E-state index >= 15 is 0 Å². The van der Waals surface area contributed by atoms with Crippen molar-refractivity contribution in [3.63, 3.8) is 0 Å². The molecule has 1 aliphatic heterocycles. The lowest BCUT2D eigenvalue weighted by Gasteiger charge is -2.37. The van der Waals surface area contributed by atoms with Gasteiger partial charge >= 0.3 is 0 Å². The molecule has 0 spiro atoms. The van der Waals surface area contributed by atoms with E-state index in [1.54, 1.807) is 27.8 Å². The molecule has 0 unspecified atom stereocenters. The number of hydrogen-bond donors (Lipinski definition) is 1. The van der Waals surface area contributed by atoms with Crippen molar-refractivity contribution in [2.75, 3.05) is 5.32 Å². The van der Waals surface area contributed by atoms with E-state index in [1.807, 2.05) is 60.8 Å². The van der Waals surface area contributed by atoms with E-state index < -0.39 is 16.2 Å². The van der Waals surface area contributed by atoms with Gasteiger partial charge in [-0.15, -0.1) is 11.3 Å². The average molecular weight is 370 g/mol. The summed E-state index contributed by atoms with van der Waals surface area (Å²) in [6.45, 7) is 2.36. The van der Waals surface area contributed by atoms with E-state index in [0.29, 0.717) is 17.1 Å². The first kappa shape index (κ1) is 16.3. The second-order valence-corrected chi connectivity index (χ2v) is 8.98. The van der Waals surface area contributed by atoms with Gasteiger partial charge in [0.25, 0.3) is 0 Å². The van der Waals surface area contributed by atoms with E-state index in [1.165, 1.54) is 0 Å². The molecule has 0 saturated carbocycles. The van der Waals surface area contributed by atoms with Crippen LogP contribution in [0.3, 0.4) is 0 Å². The van der Waals surface area contributed by atoms with Gasteiger partial charge in [0.1, 0.15) is 11.1 Å². The zero-order chi connectivity index (χ0) is 17.4. The fourth-order valence-corrected chi connectivity index (χ4v) is 5.57. The molecule has 1 aliphatic rings. The SMILES string of the molecule is Cc1cccc([C@@H]2Nc3ccccc3S(=O)(=O)N2Cc2cccs2)c1. The topological polar surface area (TPSA) is 49.4 Å². The molecule has 0 saturated heterocycles. The number of thiophene rings is 1. The van der Waals surface area contributed by atoms with Gasteiger partial charge in [-0.1, -0.05) is 48.0 Å². The van der Waals surface area contributed by atoms with Crippen LogP contribution in [0.5, 0.6) is 0 Å². The summed E-state index contributed by atoms with van der Waals surface area (Å²) in [5, 5.41) is 5.38. The van der Waals surface area contributed by atoms with Gasteiger partial charge in [-0.05, 0) is 36.1 Å². The predicted octanol–water partition coefficient (Wildman–Crippen LogP) is 4.37. The van der Waals surface area contributed by atoms with Crippen LogP contribution in [-0.2, 0) is 16.6 Å². The Balaban J connectivity index is 1.85. The van der Waals surface area contributed by atoms with Crippen LogP contribution in [0.2, 0.25) is 0 Å². The lowest BCUT2D eigenvalue weighted by Crippen LogP contribution is -2.42. The van der Waals surface area contributed by atoms with Crippen LogP contribution < -0.4 is 5.32 Å². The van der Waals surface area contributed by atoms with Crippen LogP contribution in [-0.4, -0.2) is 12.7 Å². The molecule has 0 radical (unpaired) electrons. The Kier molecular flexibility index (Phi) is 4.11. The summed E-state index contributed by atoms with van der Waals surface area (Å²) in [6.07, 6.45) is -0.429. The van der Waals surface area contributed by atoms with Crippen LogP contribution in [0.15, 0.2) is 70.9 Å². The van der Waals surface area contributed by atoms with Crippen molar-refractivity contribution in [2.24, 2.45) is 0 Å². The minimum atomic E-state index is -3.59. The first-order valence-corrected chi connectivity index (χ1v) is 10.3. The van der Waals surface area contributed by atoms with E-state index in [9.17, 15) is 8.42 Å². The summed E-state index contributed by atoms with van der Waals surface area (Å²) in [6, 6.07) is 19.0. The van der Waals surface area contributed by atoms with E-state index in [-0.39, 0.29) is 0 Å². The molecule has 2 heterocycles. The van der Waals surface area contributed by atoms with E-state index in [0.717, 1.165) is 16.0 Å². The minimum Gasteiger partial charge on any atom is -0.364 e. The number of nitrogens with zero attached hydrogens (tertiary/aromatic N) is 1. The molecule has 0 amide bonds. The summed E-state index contributed by atoms with van der Waals surface area (Å²) in [4.78, 5) is 1.35. The average Bonchev–Trinajstić information content (AvgIpc) is 3.11. The third kappa shape index (κ3) is 2.97. The number of fused-ring (bicyclic) bond motifs is 1. The van der Waals surface area contributed by atoms with Crippen molar-refractivity contribution in [2.45, 2.75) is 24.5 Å². The molecule has 0 fully saturated rings. The fourth-order valence-electron chi connectivity index (χ4n) is 3.12. The molecule has 0 aliphatic carbocycles.